The molecule has 10 heteroatoms. The Bertz CT molecular complexity index is 1170. The fourth-order valence-electron chi connectivity index (χ4n) is 5.34. The molecule has 0 bridgehead atoms. The maximum atomic E-state index is 11.3. The van der Waals surface area contributed by atoms with Crippen LogP contribution in [0.2, 0.25) is 0 Å². The zero-order valence-electron chi connectivity index (χ0n) is 19.6. The number of aliphatic hydroxyl groups excluding tert-OH is 1. The molecule has 1 aromatic carbocycles. The number of ether oxygens (including phenoxy) is 1. The maximum absolute atomic E-state index is 11.3. The zero-order valence-corrected chi connectivity index (χ0v) is 20.4. The number of aromatic nitrogens is 4. The lowest BCUT2D eigenvalue weighted by molar-refractivity contribution is 0.0975. The molecule has 3 aromatic rings. The van der Waals surface area contributed by atoms with Gasteiger partial charge in [0.15, 0.2) is 5.82 Å². The predicted molar refractivity (Wildman–Crippen MR) is 132 cm³/mol. The first-order chi connectivity index (χ1) is 16.7. The summed E-state index contributed by atoms with van der Waals surface area (Å²) >= 11 is 1.68. The Morgan fingerprint density at radius 3 is 2.88 bits per heavy atom. The third-order valence-electron chi connectivity index (χ3n) is 7.29. The number of aliphatic hydroxyl groups is 1. The lowest BCUT2D eigenvalue weighted by Gasteiger charge is -2.35. The van der Waals surface area contributed by atoms with Crippen LogP contribution in [0, 0.1) is 5.92 Å². The van der Waals surface area contributed by atoms with E-state index in [-0.39, 0.29) is 5.92 Å². The number of piperidine rings is 1. The van der Waals surface area contributed by atoms with Crippen molar-refractivity contribution in [3.63, 3.8) is 0 Å². The number of thiazole rings is 1. The summed E-state index contributed by atoms with van der Waals surface area (Å²) in [4.78, 5) is 13.0. The van der Waals surface area contributed by atoms with Gasteiger partial charge in [-0.3, -0.25) is 0 Å². The molecule has 0 saturated carbocycles. The van der Waals surface area contributed by atoms with Crippen molar-refractivity contribution in [2.45, 2.75) is 31.9 Å². The van der Waals surface area contributed by atoms with Crippen LogP contribution in [0.15, 0.2) is 18.2 Å². The van der Waals surface area contributed by atoms with Crippen LogP contribution in [0.4, 0.5) is 11.5 Å². The Balaban J connectivity index is 1.22. The number of hydrogen-bond acceptors (Lipinski definition) is 10. The molecule has 0 aliphatic carbocycles. The molecule has 34 heavy (non-hydrogen) atoms. The molecule has 2 atom stereocenters. The van der Waals surface area contributed by atoms with Gasteiger partial charge in [0, 0.05) is 67.6 Å². The normalized spacial score (nSPS) is 22.7. The molecule has 0 unspecified atom stereocenters. The van der Waals surface area contributed by atoms with Gasteiger partial charge in [-0.05, 0) is 43.3 Å². The third kappa shape index (κ3) is 4.24. The Hall–Kier alpha value is -2.40. The van der Waals surface area contributed by atoms with E-state index in [1.54, 1.807) is 11.3 Å². The largest absolute Gasteiger partial charge is 0.386 e. The molecule has 0 radical (unpaired) electrons. The van der Waals surface area contributed by atoms with E-state index in [0.29, 0.717) is 0 Å². The molecule has 0 amide bonds. The highest BCUT2D eigenvalue weighted by molar-refractivity contribution is 7.11. The van der Waals surface area contributed by atoms with Gasteiger partial charge < -0.3 is 24.5 Å². The van der Waals surface area contributed by atoms with Gasteiger partial charge in [0.1, 0.15) is 16.6 Å². The monoisotopic (exact) mass is 481 g/mol. The molecular weight excluding hydrogens is 450 g/mol. The minimum absolute atomic E-state index is 0.122. The van der Waals surface area contributed by atoms with Crippen molar-refractivity contribution in [1.29, 1.82) is 0 Å². The van der Waals surface area contributed by atoms with Crippen LogP contribution >= 0.6 is 11.3 Å². The SMILES string of the molecule is CN1CCc2nc([C@@H](O)[C@H]3CCCN(c4nnnc5cc(N6CCOCC6)ccc45)C3)sc2C1. The van der Waals surface area contributed by atoms with E-state index in [9.17, 15) is 5.11 Å². The summed E-state index contributed by atoms with van der Waals surface area (Å²) in [5.41, 5.74) is 3.17. The van der Waals surface area contributed by atoms with Crippen molar-refractivity contribution in [3.05, 3.63) is 33.8 Å². The van der Waals surface area contributed by atoms with Gasteiger partial charge in [0.2, 0.25) is 0 Å². The summed E-state index contributed by atoms with van der Waals surface area (Å²) in [6.07, 6.45) is 2.42. The number of fused-ring (bicyclic) bond motifs is 2. The number of morpholine rings is 1. The third-order valence-corrected chi connectivity index (χ3v) is 8.44. The molecule has 6 rings (SSSR count). The number of nitrogens with zero attached hydrogens (tertiary/aromatic N) is 7. The highest BCUT2D eigenvalue weighted by atomic mass is 32.1. The van der Waals surface area contributed by atoms with E-state index in [1.165, 1.54) is 10.6 Å². The lowest BCUT2D eigenvalue weighted by atomic mass is 9.92. The van der Waals surface area contributed by atoms with Gasteiger partial charge >= 0.3 is 0 Å². The molecule has 9 nitrogen and oxygen atoms in total. The highest BCUT2D eigenvalue weighted by Crippen LogP contribution is 2.37. The Morgan fingerprint density at radius 1 is 1.12 bits per heavy atom. The second kappa shape index (κ2) is 9.33. The average Bonchev–Trinajstić information content (AvgIpc) is 3.31. The van der Waals surface area contributed by atoms with Crippen molar-refractivity contribution in [1.82, 2.24) is 25.3 Å². The van der Waals surface area contributed by atoms with E-state index in [0.717, 1.165) is 99.2 Å². The molecule has 2 aromatic heterocycles. The number of benzene rings is 1. The van der Waals surface area contributed by atoms with Crippen molar-refractivity contribution in [2.75, 3.05) is 62.8 Å². The second-order valence-electron chi connectivity index (χ2n) is 9.62. The summed E-state index contributed by atoms with van der Waals surface area (Å²) in [7, 11) is 2.14. The Kier molecular flexibility index (Phi) is 6.06. The van der Waals surface area contributed by atoms with E-state index in [1.807, 2.05) is 0 Å². The first kappa shape index (κ1) is 22.1. The van der Waals surface area contributed by atoms with Crippen LogP contribution in [-0.4, -0.2) is 83.4 Å². The predicted octanol–water partition coefficient (Wildman–Crippen LogP) is 2.26. The molecule has 0 spiro atoms. The molecule has 3 aliphatic heterocycles. The first-order valence-electron chi connectivity index (χ1n) is 12.2. The van der Waals surface area contributed by atoms with Crippen LogP contribution in [0.1, 0.15) is 34.5 Å². The Labute approximate surface area is 203 Å². The molecule has 2 fully saturated rings. The average molecular weight is 482 g/mol. The lowest BCUT2D eigenvalue weighted by Crippen LogP contribution is -2.38. The minimum Gasteiger partial charge on any atom is -0.386 e. The van der Waals surface area contributed by atoms with Crippen molar-refractivity contribution in [3.8, 4) is 0 Å². The maximum Gasteiger partial charge on any atom is 0.162 e. The second-order valence-corrected chi connectivity index (χ2v) is 10.7. The van der Waals surface area contributed by atoms with Crippen LogP contribution in [0.25, 0.3) is 10.9 Å². The fourth-order valence-corrected chi connectivity index (χ4v) is 6.61. The molecular formula is C24H31N7O2S. The van der Waals surface area contributed by atoms with Gasteiger partial charge in [-0.15, -0.1) is 21.5 Å². The summed E-state index contributed by atoms with van der Waals surface area (Å²) in [6, 6.07) is 6.36. The standard InChI is InChI=1S/C24H31N7O2S/c1-29-8-6-19-21(15-29)34-24(25-19)22(32)16-3-2-7-31(14-16)23-18-5-4-17(13-20(18)26-28-27-23)30-9-11-33-12-10-30/h4-5,13,16,22,32H,2-3,6-12,14-15H2,1H3/t16-,22-/m0/s1. The van der Waals surface area contributed by atoms with Gasteiger partial charge in [-0.2, -0.15) is 0 Å². The molecule has 1 N–H and O–H groups in total. The number of hydrogen-bond donors (Lipinski definition) is 1. The summed E-state index contributed by atoms with van der Waals surface area (Å²) in [5, 5.41) is 26.0. The Morgan fingerprint density at radius 2 is 2.00 bits per heavy atom. The van der Waals surface area contributed by atoms with E-state index in [4.69, 9.17) is 9.72 Å². The number of rotatable bonds is 4. The van der Waals surface area contributed by atoms with Gasteiger partial charge in [0.25, 0.3) is 0 Å². The van der Waals surface area contributed by atoms with Crippen molar-refractivity contribution >= 4 is 33.7 Å². The molecule has 3 aliphatic rings. The van der Waals surface area contributed by atoms with Gasteiger partial charge in [-0.25, -0.2) is 4.98 Å². The quantitative estimate of drug-likeness (QED) is 0.602. The fraction of sp³-hybridized carbons (Fsp3) is 0.583. The zero-order chi connectivity index (χ0) is 23.1. The summed E-state index contributed by atoms with van der Waals surface area (Å²) in [5.74, 6) is 0.979. The van der Waals surface area contributed by atoms with Gasteiger partial charge in [-0.1, -0.05) is 0 Å². The van der Waals surface area contributed by atoms with Crippen LogP contribution in [0.3, 0.4) is 0 Å². The van der Waals surface area contributed by atoms with Gasteiger partial charge in [0.05, 0.1) is 18.9 Å². The van der Waals surface area contributed by atoms with E-state index < -0.39 is 6.10 Å². The van der Waals surface area contributed by atoms with Crippen LogP contribution in [0.5, 0.6) is 0 Å². The molecule has 180 valence electrons. The first-order valence-corrected chi connectivity index (χ1v) is 13.0. The topological polar surface area (TPSA) is 90.7 Å². The highest BCUT2D eigenvalue weighted by Gasteiger charge is 2.32. The minimum atomic E-state index is -0.544. The van der Waals surface area contributed by atoms with Crippen molar-refractivity contribution < 1.29 is 9.84 Å². The molecule has 2 saturated heterocycles. The number of likely N-dealkylation sites (N-methyl/N-ethyl adjacent to an activating group) is 1. The van der Waals surface area contributed by atoms with Crippen LogP contribution in [-0.2, 0) is 17.7 Å². The summed E-state index contributed by atoms with van der Waals surface area (Å²) < 4.78 is 5.48. The number of anilines is 2. The van der Waals surface area contributed by atoms with Crippen molar-refractivity contribution in [2.24, 2.45) is 5.92 Å². The van der Waals surface area contributed by atoms with E-state index in [2.05, 4.69) is 55.4 Å². The van der Waals surface area contributed by atoms with Crippen LogP contribution < -0.4 is 9.80 Å². The summed E-state index contributed by atoms with van der Waals surface area (Å²) in [6.45, 7) is 6.89. The molecule has 5 heterocycles. The van der Waals surface area contributed by atoms with E-state index >= 15 is 0 Å². The smallest absolute Gasteiger partial charge is 0.162 e.